The Bertz CT molecular complexity index is 1330. The molecule has 186 valence electrons. The summed E-state index contributed by atoms with van der Waals surface area (Å²) in [6, 6.07) is 7.16. The zero-order valence-corrected chi connectivity index (χ0v) is 19.9. The Kier molecular flexibility index (Phi) is 7.01. The average molecular weight is 504 g/mol. The summed E-state index contributed by atoms with van der Waals surface area (Å²) in [5.41, 5.74) is 0.0395. The van der Waals surface area contributed by atoms with E-state index in [9.17, 15) is 24.1 Å². The van der Waals surface area contributed by atoms with Gasteiger partial charge in [-0.05, 0) is 37.8 Å². The van der Waals surface area contributed by atoms with Gasteiger partial charge < -0.3 is 14.2 Å². The molecule has 1 aromatic carbocycles. The molecule has 0 radical (unpaired) electrons. The first kappa shape index (κ1) is 24.6. The van der Waals surface area contributed by atoms with Crippen molar-refractivity contribution in [2.45, 2.75) is 38.8 Å². The van der Waals surface area contributed by atoms with Crippen LogP contribution in [0.25, 0.3) is 11.2 Å². The van der Waals surface area contributed by atoms with E-state index in [-0.39, 0.29) is 41.7 Å². The number of aromatic nitrogens is 4. The van der Waals surface area contributed by atoms with E-state index in [1.165, 1.54) is 20.2 Å². The minimum Gasteiger partial charge on any atom is -0.480 e. The number of nitrogens with zero attached hydrogens (tertiary/aromatic N) is 3. The Morgan fingerprint density at radius 3 is 2.69 bits per heavy atom. The number of H-pyrrole nitrogens is 1. The van der Waals surface area contributed by atoms with Crippen LogP contribution in [-0.4, -0.2) is 49.2 Å². The number of carboxylic acids is 1. The maximum atomic E-state index is 13.3. The van der Waals surface area contributed by atoms with E-state index >= 15 is 0 Å². The van der Waals surface area contributed by atoms with Crippen molar-refractivity contribution in [2.24, 2.45) is 5.92 Å². The summed E-state index contributed by atoms with van der Waals surface area (Å²) in [5, 5.41) is 14.1. The van der Waals surface area contributed by atoms with Crippen molar-refractivity contribution in [3.8, 4) is 5.75 Å². The maximum absolute atomic E-state index is 13.3. The Balaban J connectivity index is 1.42. The second kappa shape index (κ2) is 9.98. The Morgan fingerprint density at radius 2 is 2.03 bits per heavy atom. The quantitative estimate of drug-likeness (QED) is 0.300. The van der Waals surface area contributed by atoms with Crippen LogP contribution < -0.4 is 20.5 Å². The summed E-state index contributed by atoms with van der Waals surface area (Å²) in [4.78, 5) is 45.7. The van der Waals surface area contributed by atoms with Gasteiger partial charge >= 0.3 is 13.7 Å². The number of fused-ring (bicyclic) bond motifs is 1. The predicted molar refractivity (Wildman–Crippen MR) is 125 cm³/mol. The van der Waals surface area contributed by atoms with Crippen molar-refractivity contribution in [1.82, 2.24) is 24.6 Å². The highest BCUT2D eigenvalue weighted by Crippen LogP contribution is 2.48. The lowest BCUT2D eigenvalue weighted by Crippen LogP contribution is -2.35. The topological polar surface area (TPSA) is 178 Å². The number of rotatable bonds is 10. The molecule has 2 atom stereocenters. The van der Waals surface area contributed by atoms with Crippen molar-refractivity contribution in [3.63, 3.8) is 0 Å². The summed E-state index contributed by atoms with van der Waals surface area (Å²) in [6.45, 7) is 2.72. The third kappa shape index (κ3) is 5.76. The van der Waals surface area contributed by atoms with Crippen LogP contribution in [0.2, 0.25) is 0 Å². The molecule has 1 saturated carbocycles. The van der Waals surface area contributed by atoms with Crippen LogP contribution in [0.4, 0.5) is 5.95 Å². The van der Waals surface area contributed by atoms with Crippen molar-refractivity contribution < 1.29 is 28.3 Å². The van der Waals surface area contributed by atoms with Gasteiger partial charge in [0.1, 0.15) is 11.8 Å². The van der Waals surface area contributed by atoms with Crippen molar-refractivity contribution in [1.29, 1.82) is 0 Å². The molecule has 2 aromatic heterocycles. The molecule has 3 aromatic rings. The first-order chi connectivity index (χ1) is 16.6. The number of anilines is 1. The van der Waals surface area contributed by atoms with Crippen molar-refractivity contribution >= 4 is 36.7 Å². The zero-order valence-electron chi connectivity index (χ0n) is 19.0. The van der Waals surface area contributed by atoms with E-state index in [0.29, 0.717) is 18.5 Å². The molecule has 0 saturated heterocycles. The van der Waals surface area contributed by atoms with E-state index in [2.05, 4.69) is 25.4 Å². The van der Waals surface area contributed by atoms with Crippen LogP contribution >= 0.6 is 7.75 Å². The van der Waals surface area contributed by atoms with E-state index in [1.54, 1.807) is 34.9 Å². The smallest absolute Gasteiger partial charge is 0.459 e. The number of carboxylic acid groups (broad SMARTS) is 1. The number of para-hydroxylation sites is 1. The second-order valence-electron chi connectivity index (χ2n) is 8.30. The first-order valence-electron chi connectivity index (χ1n) is 10.9. The highest BCUT2D eigenvalue weighted by Gasteiger charge is 2.37. The number of amides is 1. The molecular formula is C21H25N6O7P. The Hall–Kier alpha value is -3.54. The van der Waals surface area contributed by atoms with Crippen LogP contribution in [0, 0.1) is 5.92 Å². The molecule has 1 amide bonds. The molecule has 35 heavy (non-hydrogen) atoms. The largest absolute Gasteiger partial charge is 0.480 e. The lowest BCUT2D eigenvalue weighted by Gasteiger charge is -2.36. The number of hydrogen-bond acceptors (Lipinski definition) is 8. The van der Waals surface area contributed by atoms with E-state index < -0.39 is 25.3 Å². The van der Waals surface area contributed by atoms with Crippen LogP contribution in [0.5, 0.6) is 5.75 Å². The van der Waals surface area contributed by atoms with Gasteiger partial charge in [0.25, 0.3) is 5.56 Å². The zero-order chi connectivity index (χ0) is 25.2. The van der Waals surface area contributed by atoms with Gasteiger partial charge in [-0.2, -0.15) is 10.1 Å². The normalized spacial score (nSPS) is 19.9. The van der Waals surface area contributed by atoms with Crippen LogP contribution in [-0.2, 0) is 18.7 Å². The van der Waals surface area contributed by atoms with Gasteiger partial charge in [-0.1, -0.05) is 18.2 Å². The van der Waals surface area contributed by atoms with Crippen LogP contribution in [0.15, 0.2) is 41.5 Å². The van der Waals surface area contributed by atoms with Gasteiger partial charge in [-0.25, -0.2) is 9.55 Å². The van der Waals surface area contributed by atoms with E-state index in [0.717, 1.165) is 0 Å². The Labute approximate surface area is 199 Å². The number of benzene rings is 1. The van der Waals surface area contributed by atoms with Gasteiger partial charge in [0.2, 0.25) is 11.9 Å². The molecule has 4 N–H and O–H groups in total. The first-order valence-corrected chi connectivity index (χ1v) is 12.4. The fraction of sp³-hybridized carbons (Fsp3) is 0.381. The number of imidazole rings is 1. The molecule has 0 aliphatic heterocycles. The summed E-state index contributed by atoms with van der Waals surface area (Å²) < 4.78 is 26.2. The second-order valence-corrected chi connectivity index (χ2v) is 9.99. The molecule has 4 rings (SSSR count). The Morgan fingerprint density at radius 1 is 1.31 bits per heavy atom. The van der Waals surface area contributed by atoms with E-state index in [1.807, 2.05) is 0 Å². The summed E-state index contributed by atoms with van der Waals surface area (Å²) in [5.74, 6) is -1.24. The van der Waals surface area contributed by atoms with E-state index in [4.69, 9.17) is 9.05 Å². The number of carbonyl (C=O) groups excluding carboxylic acids is 1. The standard InChI is InChI=1S/C21H25N6O7P/c1-12(20(30)31)26-35(32,34-16-6-4-3-5-7-16)33-10-14-8-15(9-14)27-11-22-17-18(27)24-21(23-13(2)28)25-19(17)29/h3-7,11-12,14-15H,8-10H2,1-2H3,(H,26,32)(H,30,31)(H2,23,24,25,28,29)/t12-,14-,15+,35?/m0/s1. The number of nitrogens with one attached hydrogen (secondary N) is 3. The lowest BCUT2D eigenvalue weighted by molar-refractivity contribution is -0.138. The molecule has 1 aliphatic carbocycles. The van der Waals surface area contributed by atoms with Crippen molar-refractivity contribution in [2.75, 3.05) is 11.9 Å². The summed E-state index contributed by atoms with van der Waals surface area (Å²) in [7, 11) is -3.98. The molecule has 1 fully saturated rings. The minimum atomic E-state index is -3.98. The van der Waals surface area contributed by atoms with Crippen LogP contribution in [0.3, 0.4) is 0 Å². The van der Waals surface area contributed by atoms with Gasteiger partial charge in [-0.15, -0.1) is 0 Å². The predicted octanol–water partition coefficient (Wildman–Crippen LogP) is 2.30. The summed E-state index contributed by atoms with van der Waals surface area (Å²) in [6.07, 6.45) is 2.76. The van der Waals surface area contributed by atoms with Gasteiger partial charge in [-0.3, -0.25) is 29.2 Å². The molecular weight excluding hydrogens is 479 g/mol. The minimum absolute atomic E-state index is 0.00361. The van der Waals surface area contributed by atoms with Gasteiger partial charge in [0.15, 0.2) is 11.2 Å². The molecule has 0 bridgehead atoms. The average Bonchev–Trinajstić information content (AvgIpc) is 3.16. The fourth-order valence-electron chi connectivity index (χ4n) is 3.69. The summed E-state index contributed by atoms with van der Waals surface area (Å²) >= 11 is 0. The molecule has 1 unspecified atom stereocenters. The fourth-order valence-corrected chi connectivity index (χ4v) is 5.26. The third-order valence-corrected chi connectivity index (χ3v) is 7.15. The number of hydrogen-bond donors (Lipinski definition) is 4. The highest BCUT2D eigenvalue weighted by atomic mass is 31.2. The lowest BCUT2D eigenvalue weighted by atomic mass is 9.81. The molecule has 0 spiro atoms. The molecule has 13 nitrogen and oxygen atoms in total. The number of aromatic amines is 1. The maximum Gasteiger partial charge on any atom is 0.459 e. The number of aliphatic carboxylic acids is 1. The van der Waals surface area contributed by atoms with Crippen LogP contribution in [0.1, 0.15) is 32.7 Å². The van der Waals surface area contributed by atoms with Gasteiger partial charge in [0.05, 0.1) is 12.9 Å². The monoisotopic (exact) mass is 504 g/mol. The third-order valence-electron chi connectivity index (χ3n) is 5.50. The molecule has 14 heteroatoms. The highest BCUT2D eigenvalue weighted by molar-refractivity contribution is 7.52. The number of carbonyl (C=O) groups is 2. The molecule has 1 aliphatic rings. The molecule has 2 heterocycles. The SMILES string of the molecule is CC(=O)Nc1nc2c(ncn2[C@H]2C[C@@H](COP(=O)(N[C@@H](C)C(=O)O)Oc3ccccc3)C2)c(=O)[nH]1. The van der Waals surface area contributed by atoms with Crippen molar-refractivity contribution in [3.05, 3.63) is 47.0 Å². The van der Waals surface area contributed by atoms with Gasteiger partial charge in [0, 0.05) is 13.0 Å².